The largest absolute Gasteiger partial charge is 0.450 e. The molecular weight excluding hydrogens is 1450 g/mol. The third kappa shape index (κ3) is 26.4. The van der Waals surface area contributed by atoms with Crippen molar-refractivity contribution in [2.24, 2.45) is 0 Å². The molecule has 6 heterocycles. The van der Waals surface area contributed by atoms with Gasteiger partial charge in [-0.05, 0) is 193 Å². The number of Topliss-reactive ketones (excluding diaryl/α,β-unsaturated/α-hetero) is 1. The molecule has 12 amide bonds. The minimum absolute atomic E-state index is 0.0127. The molecule has 9 rings (SSSR count). The fourth-order valence-corrected chi connectivity index (χ4v) is 14.5. The molecule has 0 spiro atoms. The van der Waals surface area contributed by atoms with Gasteiger partial charge in [0.25, 0.3) is 5.91 Å². The van der Waals surface area contributed by atoms with E-state index in [1.165, 1.54) is 18.2 Å². The van der Waals surface area contributed by atoms with E-state index in [9.17, 15) is 75.5 Å². The SMILES string of the molecule is C=C(C)C(=O)Nc1cccc(CNC(=O)[C@@H]2CC[C@@H]3CCCC[C@H](NC(=O)[C@H](C)NC)C(=O)N32)c1.CN[C@@H](C)C(=O)N[C@H]1CCCC[C@H]2CC[C@@H](C(=O)NCc3cccc(NC(=O)/C=C/CN(C)C)c3)N2C1=O.CN[C@@H](C)C(=O)N[C@H]1CCCC[C@H]2CC[C@@H](C(=O)NCc3cccc(NC(=O)CC(=O)C(F)(F)F)c3)N2C1=O. The Morgan fingerprint density at radius 2 is 0.821 bits per heavy atom. The zero-order valence-electron chi connectivity index (χ0n) is 65.7. The van der Waals surface area contributed by atoms with Crippen LogP contribution in [0.15, 0.2) is 97.1 Å². The molecule has 12 atom stereocenters. The van der Waals surface area contributed by atoms with E-state index in [1.54, 1.807) is 99.9 Å². The molecule has 29 nitrogen and oxygen atoms in total. The Labute approximate surface area is 653 Å². The number of likely N-dealkylation sites (N-methyl/N-ethyl adjacent to an activating group) is 4. The van der Waals surface area contributed by atoms with E-state index < -0.39 is 78.7 Å². The average Bonchev–Trinajstić information content (AvgIpc) is 1.64. The summed E-state index contributed by atoms with van der Waals surface area (Å²) >= 11 is 0. The molecule has 612 valence electrons. The van der Waals surface area contributed by atoms with Gasteiger partial charge in [-0.15, -0.1) is 0 Å². The molecule has 32 heteroatoms. The number of rotatable bonds is 27. The summed E-state index contributed by atoms with van der Waals surface area (Å²) in [5, 5.41) is 33.8. The van der Waals surface area contributed by atoms with Crippen LogP contribution < -0.4 is 63.8 Å². The number of hydrogen-bond acceptors (Lipinski definition) is 17. The van der Waals surface area contributed by atoms with E-state index in [1.807, 2.05) is 49.3 Å². The lowest BCUT2D eigenvalue weighted by Crippen LogP contribution is -2.57. The zero-order valence-corrected chi connectivity index (χ0v) is 65.7. The van der Waals surface area contributed by atoms with Crippen LogP contribution in [-0.4, -0.2) is 217 Å². The molecule has 0 saturated carbocycles. The van der Waals surface area contributed by atoms with Crippen LogP contribution in [-0.2, 0) is 82.0 Å². The number of carbonyl (C=O) groups is 13. The van der Waals surface area contributed by atoms with Crippen LogP contribution in [0.4, 0.5) is 30.2 Å². The number of alkyl halides is 3. The van der Waals surface area contributed by atoms with Gasteiger partial charge in [-0.2, -0.15) is 13.2 Å². The Morgan fingerprint density at radius 1 is 0.491 bits per heavy atom. The van der Waals surface area contributed by atoms with Crippen molar-refractivity contribution in [1.29, 1.82) is 0 Å². The minimum atomic E-state index is -5.09. The first-order valence-corrected chi connectivity index (χ1v) is 38.8. The molecule has 0 unspecified atom stereocenters. The topological polar surface area (TPSA) is 379 Å². The molecule has 0 aromatic heterocycles. The number of benzene rings is 3. The van der Waals surface area contributed by atoms with Gasteiger partial charge in [0, 0.05) is 73.0 Å². The van der Waals surface area contributed by atoms with Crippen LogP contribution >= 0.6 is 0 Å². The third-order valence-electron chi connectivity index (χ3n) is 21.1. The highest BCUT2D eigenvalue weighted by Crippen LogP contribution is 2.35. The lowest BCUT2D eigenvalue weighted by Gasteiger charge is -2.35. The molecular formula is C80H113F3N16O13. The molecule has 3 aromatic carbocycles. The maximum Gasteiger partial charge on any atom is 0.450 e. The Morgan fingerprint density at radius 3 is 1.14 bits per heavy atom. The second-order valence-corrected chi connectivity index (χ2v) is 29.8. The Bertz CT molecular complexity index is 3880. The van der Waals surface area contributed by atoms with Crippen LogP contribution in [0.25, 0.3) is 0 Å². The number of nitrogens with one attached hydrogen (secondary N) is 12. The molecule has 3 aromatic rings. The number of nitrogens with zero attached hydrogens (tertiary/aromatic N) is 4. The van der Waals surface area contributed by atoms with Gasteiger partial charge in [-0.25, -0.2) is 0 Å². The summed E-state index contributed by atoms with van der Waals surface area (Å²) in [6, 6.07) is 15.6. The molecule has 12 N–H and O–H groups in total. The number of carbonyl (C=O) groups excluding carboxylic acids is 13. The first-order valence-electron chi connectivity index (χ1n) is 38.8. The number of hydrogen-bond donors (Lipinski definition) is 12. The van der Waals surface area contributed by atoms with E-state index in [4.69, 9.17) is 0 Å². The molecule has 0 aliphatic carbocycles. The van der Waals surface area contributed by atoms with E-state index in [-0.39, 0.29) is 108 Å². The summed E-state index contributed by atoms with van der Waals surface area (Å²) in [6.07, 6.45) is 10.3. The van der Waals surface area contributed by atoms with Gasteiger partial charge >= 0.3 is 6.18 Å². The summed E-state index contributed by atoms with van der Waals surface area (Å²) in [7, 11) is 8.91. The number of amides is 12. The molecule has 0 radical (unpaired) electrons. The molecule has 112 heavy (non-hydrogen) atoms. The normalized spacial score (nSPS) is 22.5. The Balaban J connectivity index is 0.000000233. The van der Waals surface area contributed by atoms with Gasteiger partial charge in [0.2, 0.25) is 70.8 Å². The second kappa shape index (κ2) is 43.2. The predicted octanol–water partition coefficient (Wildman–Crippen LogP) is 5.02. The minimum Gasteiger partial charge on any atom is -0.350 e. The lowest BCUT2D eigenvalue weighted by atomic mass is 9.98. The van der Waals surface area contributed by atoms with Crippen molar-refractivity contribution in [3.63, 3.8) is 0 Å². The van der Waals surface area contributed by atoms with Crippen molar-refractivity contribution < 1.29 is 75.5 Å². The van der Waals surface area contributed by atoms with Gasteiger partial charge in [-0.1, -0.05) is 87.6 Å². The zero-order chi connectivity index (χ0) is 81.9. The smallest absolute Gasteiger partial charge is 0.350 e. The van der Waals surface area contributed by atoms with Crippen molar-refractivity contribution in [2.75, 3.05) is 57.7 Å². The third-order valence-corrected chi connectivity index (χ3v) is 21.1. The lowest BCUT2D eigenvalue weighted by molar-refractivity contribution is -0.171. The first-order chi connectivity index (χ1) is 53.3. The van der Waals surface area contributed by atoms with Gasteiger partial charge in [0.15, 0.2) is 0 Å². The van der Waals surface area contributed by atoms with E-state index in [2.05, 4.69) is 70.4 Å². The standard InChI is InChI=1S/C28H42N6O4.C26H34F3N5O5.C26H37N5O4/c1-19(29-2)26(36)32-23-12-6-5-11-22-14-15-24(34(22)28(23)38)27(37)30-18-20-9-7-10-21(17-20)31-25(35)13-8-16-33(3)4;1-15(30-2)23(37)33-19-9-4-3-8-18-10-11-20(34(18)25(19)39)24(38)31-14-16-6-5-7-17(12-16)32-22(36)13-21(35)26(27,28)29;1-16(2)23(32)29-19-9-7-8-18(14-19)15-28-25(34)22-13-12-20-10-5-6-11-21(26(35)31(20)22)30-24(33)17(3)27-4/h7-10,13,17,19,22-24,29H,5-6,11-12,14-16,18H2,1-4H3,(H,30,37)(H,31,35)(H,32,36);5-7,12,15,18-20,30H,3-4,8-11,13-14H2,1-2H3,(H,31,38)(H,32,36)(H,33,37);7-9,14,17,20-22,27H,1,5-6,10-13,15H2,2-4H3,(H,28,34)(H,29,32)(H,30,33)/b13-8+;;/t19-,22-,23-,24-;15-,18-,19-,20-;17-,20-,21-,22-/m000/s1. The fraction of sp³-hybridized carbons (Fsp3) is 0.562. The van der Waals surface area contributed by atoms with Crippen LogP contribution in [0, 0.1) is 0 Å². The van der Waals surface area contributed by atoms with Crippen molar-refractivity contribution in [2.45, 2.75) is 248 Å². The van der Waals surface area contributed by atoms with Crippen molar-refractivity contribution in [3.8, 4) is 0 Å². The second-order valence-electron chi connectivity index (χ2n) is 29.8. The van der Waals surface area contributed by atoms with E-state index in [0.29, 0.717) is 74.0 Å². The monoisotopic (exact) mass is 1560 g/mol. The predicted molar refractivity (Wildman–Crippen MR) is 417 cm³/mol. The van der Waals surface area contributed by atoms with Gasteiger partial charge in [0.1, 0.15) is 36.3 Å². The van der Waals surface area contributed by atoms with E-state index in [0.717, 1.165) is 81.8 Å². The summed E-state index contributed by atoms with van der Waals surface area (Å²) in [4.78, 5) is 171. The van der Waals surface area contributed by atoms with Crippen molar-refractivity contribution in [3.05, 3.63) is 114 Å². The van der Waals surface area contributed by atoms with Crippen LogP contribution in [0.2, 0.25) is 0 Å². The number of ketones is 1. The molecule has 6 fully saturated rings. The Kier molecular flexibility index (Phi) is 34.4. The van der Waals surface area contributed by atoms with Gasteiger partial charge < -0.3 is 83.4 Å². The number of anilines is 3. The highest BCUT2D eigenvalue weighted by atomic mass is 19.4. The van der Waals surface area contributed by atoms with Gasteiger partial charge in [-0.3, -0.25) is 62.3 Å². The summed E-state index contributed by atoms with van der Waals surface area (Å²) in [5.41, 5.74) is 4.08. The summed E-state index contributed by atoms with van der Waals surface area (Å²) in [5.74, 6) is -5.82. The maximum atomic E-state index is 13.5. The fourth-order valence-electron chi connectivity index (χ4n) is 14.5. The number of fused-ring (bicyclic) bond motifs is 3. The first kappa shape index (κ1) is 89.3. The quantitative estimate of drug-likeness (QED) is 0.0352. The van der Waals surface area contributed by atoms with Crippen LogP contribution in [0.3, 0.4) is 0 Å². The summed E-state index contributed by atoms with van der Waals surface area (Å²) < 4.78 is 37.2. The molecule has 0 bridgehead atoms. The van der Waals surface area contributed by atoms with E-state index >= 15 is 0 Å². The highest BCUT2D eigenvalue weighted by molar-refractivity contribution is 6.06. The summed E-state index contributed by atoms with van der Waals surface area (Å²) in [6.45, 7) is 11.7. The van der Waals surface area contributed by atoms with Gasteiger partial charge in [0.05, 0.1) is 24.5 Å². The maximum absolute atomic E-state index is 13.5. The van der Waals surface area contributed by atoms with Crippen LogP contribution in [0.5, 0.6) is 0 Å². The Hall–Kier alpha value is -9.92. The number of halogens is 3. The molecule has 6 aliphatic heterocycles. The molecule has 6 saturated heterocycles. The van der Waals surface area contributed by atoms with Crippen LogP contribution in [0.1, 0.15) is 166 Å². The molecule has 6 aliphatic rings. The van der Waals surface area contributed by atoms with Crippen molar-refractivity contribution >= 4 is 93.7 Å². The average molecular weight is 1560 g/mol. The highest BCUT2D eigenvalue weighted by Gasteiger charge is 2.48. The van der Waals surface area contributed by atoms with Crippen molar-refractivity contribution in [1.82, 2.24) is 67.5 Å².